The van der Waals surface area contributed by atoms with Gasteiger partial charge in [0.05, 0.1) is 11.3 Å². The molecule has 0 spiro atoms. The van der Waals surface area contributed by atoms with Crippen molar-refractivity contribution >= 4 is 5.97 Å². The molecule has 0 aliphatic heterocycles. The second-order valence-corrected chi connectivity index (χ2v) is 6.07. The minimum atomic E-state index is -0.927. The molecular weight excluding hydrogens is 322 g/mol. The lowest BCUT2D eigenvalue weighted by Crippen LogP contribution is -2.00. The largest absolute Gasteiger partial charge is 0.478 e. The van der Waals surface area contributed by atoms with Gasteiger partial charge in [0.25, 0.3) is 0 Å². The van der Waals surface area contributed by atoms with E-state index >= 15 is 0 Å². The molecule has 0 amide bonds. The summed E-state index contributed by atoms with van der Waals surface area (Å²) in [5.41, 5.74) is 5.41. The van der Waals surface area contributed by atoms with Gasteiger partial charge in [0.1, 0.15) is 0 Å². The van der Waals surface area contributed by atoms with Gasteiger partial charge >= 0.3 is 5.97 Å². The van der Waals surface area contributed by atoms with Crippen molar-refractivity contribution in [2.45, 2.75) is 0 Å². The Labute approximate surface area is 151 Å². The molecular formula is C23H17NO2. The fraction of sp³-hybridized carbons (Fsp3) is 0. The van der Waals surface area contributed by atoms with Crippen molar-refractivity contribution in [2.24, 2.45) is 0 Å². The van der Waals surface area contributed by atoms with Crippen LogP contribution in [0.4, 0.5) is 0 Å². The second kappa shape index (κ2) is 6.73. The Morgan fingerprint density at radius 1 is 0.692 bits per heavy atom. The first-order valence-electron chi connectivity index (χ1n) is 8.39. The lowest BCUT2D eigenvalue weighted by atomic mass is 10.1. The molecule has 0 bridgehead atoms. The smallest absolute Gasteiger partial charge is 0.335 e. The molecule has 4 rings (SSSR count). The number of hydrogen-bond donors (Lipinski definition) is 1. The van der Waals surface area contributed by atoms with Crippen LogP contribution in [0.3, 0.4) is 0 Å². The molecule has 0 saturated heterocycles. The zero-order chi connectivity index (χ0) is 17.9. The Balaban J connectivity index is 1.91. The number of carboxylic acid groups (broad SMARTS) is 1. The molecule has 1 N–H and O–H groups in total. The Kier molecular flexibility index (Phi) is 4.12. The van der Waals surface area contributed by atoms with Crippen LogP contribution < -0.4 is 0 Å². The molecule has 3 aromatic carbocycles. The van der Waals surface area contributed by atoms with Crippen LogP contribution in [-0.4, -0.2) is 15.6 Å². The van der Waals surface area contributed by atoms with Crippen LogP contribution in [0.15, 0.2) is 97.2 Å². The summed E-state index contributed by atoms with van der Waals surface area (Å²) in [7, 11) is 0. The summed E-state index contributed by atoms with van der Waals surface area (Å²) in [6, 6.07) is 29.4. The van der Waals surface area contributed by atoms with Crippen LogP contribution in [-0.2, 0) is 0 Å². The van der Waals surface area contributed by atoms with E-state index in [1.807, 2.05) is 47.0 Å². The van der Waals surface area contributed by atoms with E-state index in [1.54, 1.807) is 18.2 Å². The number of aromatic nitrogens is 1. The van der Waals surface area contributed by atoms with Crippen molar-refractivity contribution in [2.75, 3.05) is 0 Å². The molecule has 1 aromatic heterocycles. The number of benzene rings is 3. The van der Waals surface area contributed by atoms with Gasteiger partial charge in [0.15, 0.2) is 0 Å². The Morgan fingerprint density at radius 2 is 1.35 bits per heavy atom. The Hall–Kier alpha value is -3.59. The monoisotopic (exact) mass is 339 g/mol. The number of carboxylic acids is 1. The summed E-state index contributed by atoms with van der Waals surface area (Å²) >= 11 is 0. The Morgan fingerprint density at radius 3 is 2.00 bits per heavy atom. The van der Waals surface area contributed by atoms with Crippen LogP contribution in [0.2, 0.25) is 0 Å². The number of aromatic carboxylic acids is 1. The SMILES string of the molecule is O=C(O)c1cccc(-n2cc(-c3ccccc3)cc2-c2ccccc2)c1. The first-order chi connectivity index (χ1) is 12.7. The van der Waals surface area contributed by atoms with Gasteiger partial charge in [0.2, 0.25) is 0 Å². The summed E-state index contributed by atoms with van der Waals surface area (Å²) in [6.45, 7) is 0. The second-order valence-electron chi connectivity index (χ2n) is 6.07. The van der Waals surface area contributed by atoms with Gasteiger partial charge in [-0.2, -0.15) is 0 Å². The third kappa shape index (κ3) is 3.03. The van der Waals surface area contributed by atoms with E-state index in [1.165, 1.54) is 0 Å². The maximum Gasteiger partial charge on any atom is 0.335 e. The van der Waals surface area contributed by atoms with E-state index in [9.17, 15) is 9.90 Å². The molecule has 0 atom stereocenters. The van der Waals surface area contributed by atoms with Gasteiger partial charge in [0, 0.05) is 17.4 Å². The molecule has 4 aromatic rings. The van der Waals surface area contributed by atoms with Crippen molar-refractivity contribution in [1.82, 2.24) is 4.57 Å². The van der Waals surface area contributed by atoms with Crippen LogP contribution in [0.25, 0.3) is 28.1 Å². The summed E-state index contributed by atoms with van der Waals surface area (Å²) in [5.74, 6) is -0.927. The van der Waals surface area contributed by atoms with Gasteiger partial charge in [-0.3, -0.25) is 0 Å². The predicted octanol–water partition coefficient (Wildman–Crippen LogP) is 5.51. The molecule has 0 fully saturated rings. The molecule has 26 heavy (non-hydrogen) atoms. The third-order valence-electron chi connectivity index (χ3n) is 4.37. The highest BCUT2D eigenvalue weighted by atomic mass is 16.4. The highest BCUT2D eigenvalue weighted by molar-refractivity contribution is 5.88. The first-order valence-corrected chi connectivity index (χ1v) is 8.39. The molecule has 126 valence electrons. The lowest BCUT2D eigenvalue weighted by Gasteiger charge is -2.10. The standard InChI is InChI=1S/C23H17NO2/c25-23(26)19-12-7-13-21(14-19)24-16-20(17-8-3-1-4-9-17)15-22(24)18-10-5-2-6-11-18/h1-16H,(H,25,26). The lowest BCUT2D eigenvalue weighted by molar-refractivity contribution is 0.0697. The van der Waals surface area contributed by atoms with E-state index in [4.69, 9.17) is 0 Å². The molecule has 0 aliphatic rings. The topological polar surface area (TPSA) is 42.2 Å². The van der Waals surface area contributed by atoms with E-state index in [0.29, 0.717) is 0 Å². The van der Waals surface area contributed by atoms with Gasteiger partial charge in [-0.25, -0.2) is 4.79 Å². The maximum atomic E-state index is 11.4. The molecule has 3 nitrogen and oxygen atoms in total. The quantitative estimate of drug-likeness (QED) is 0.533. The van der Waals surface area contributed by atoms with Crippen molar-refractivity contribution in [1.29, 1.82) is 0 Å². The Bertz CT molecular complexity index is 1050. The fourth-order valence-corrected chi connectivity index (χ4v) is 3.08. The molecule has 0 unspecified atom stereocenters. The maximum absolute atomic E-state index is 11.4. The van der Waals surface area contributed by atoms with Gasteiger partial charge in [-0.1, -0.05) is 66.7 Å². The fourth-order valence-electron chi connectivity index (χ4n) is 3.08. The van der Waals surface area contributed by atoms with Gasteiger partial charge in [-0.15, -0.1) is 0 Å². The molecule has 0 radical (unpaired) electrons. The van der Waals surface area contributed by atoms with Gasteiger partial charge in [-0.05, 0) is 35.4 Å². The summed E-state index contributed by atoms with van der Waals surface area (Å²) < 4.78 is 2.05. The first kappa shape index (κ1) is 15.9. The third-order valence-corrected chi connectivity index (χ3v) is 4.37. The van der Waals surface area contributed by atoms with Crippen LogP contribution in [0, 0.1) is 0 Å². The molecule has 1 heterocycles. The minimum absolute atomic E-state index is 0.275. The van der Waals surface area contributed by atoms with Crippen LogP contribution >= 0.6 is 0 Å². The number of hydrogen-bond acceptors (Lipinski definition) is 1. The van der Waals surface area contributed by atoms with Crippen LogP contribution in [0.1, 0.15) is 10.4 Å². The molecule has 0 saturated carbocycles. The average Bonchev–Trinajstić information content (AvgIpc) is 3.15. The zero-order valence-electron chi connectivity index (χ0n) is 14.0. The zero-order valence-corrected chi connectivity index (χ0v) is 14.0. The molecule has 0 aliphatic carbocycles. The minimum Gasteiger partial charge on any atom is -0.478 e. The predicted molar refractivity (Wildman–Crippen MR) is 104 cm³/mol. The summed E-state index contributed by atoms with van der Waals surface area (Å²) in [6.07, 6.45) is 2.05. The van der Waals surface area contributed by atoms with E-state index in [-0.39, 0.29) is 5.56 Å². The normalized spacial score (nSPS) is 10.6. The average molecular weight is 339 g/mol. The number of carbonyl (C=O) groups is 1. The van der Waals surface area contributed by atoms with Crippen molar-refractivity contribution < 1.29 is 9.90 Å². The number of rotatable bonds is 4. The number of nitrogens with zero attached hydrogens (tertiary/aromatic N) is 1. The van der Waals surface area contributed by atoms with Crippen molar-refractivity contribution in [3.8, 4) is 28.1 Å². The van der Waals surface area contributed by atoms with Crippen molar-refractivity contribution in [3.05, 3.63) is 103 Å². The van der Waals surface area contributed by atoms with E-state index < -0.39 is 5.97 Å². The van der Waals surface area contributed by atoms with Crippen LogP contribution in [0.5, 0.6) is 0 Å². The highest BCUT2D eigenvalue weighted by Crippen LogP contribution is 2.31. The highest BCUT2D eigenvalue weighted by Gasteiger charge is 2.12. The summed E-state index contributed by atoms with van der Waals surface area (Å²) in [5, 5.41) is 9.32. The van der Waals surface area contributed by atoms with E-state index in [2.05, 4.69) is 36.5 Å². The van der Waals surface area contributed by atoms with Gasteiger partial charge < -0.3 is 9.67 Å². The van der Waals surface area contributed by atoms with Crippen molar-refractivity contribution in [3.63, 3.8) is 0 Å². The molecule has 3 heteroatoms. The summed E-state index contributed by atoms with van der Waals surface area (Å²) in [4.78, 5) is 11.4. The van der Waals surface area contributed by atoms with E-state index in [0.717, 1.165) is 28.1 Å².